The molecule has 0 radical (unpaired) electrons. The molecule has 2 heterocycles. The third-order valence-electron chi connectivity index (χ3n) is 6.06. The highest BCUT2D eigenvalue weighted by molar-refractivity contribution is 6.14. The maximum atomic E-state index is 13.4. The number of hydrogen-bond acceptors (Lipinski definition) is 5. The number of piperidine rings is 1. The predicted octanol–water partition coefficient (Wildman–Crippen LogP) is 3.79. The normalized spacial score (nSPS) is 21.6. The van der Waals surface area contributed by atoms with Crippen molar-refractivity contribution in [1.82, 2.24) is 5.06 Å². The maximum absolute atomic E-state index is 13.4. The van der Waals surface area contributed by atoms with Gasteiger partial charge in [-0.25, -0.2) is 0 Å². The lowest BCUT2D eigenvalue weighted by atomic mass is 9.79. The number of esters is 1. The van der Waals surface area contributed by atoms with E-state index >= 15 is 0 Å². The van der Waals surface area contributed by atoms with Gasteiger partial charge in [-0.15, -0.1) is 0 Å². The molecular formula is C24H27NO4. The summed E-state index contributed by atoms with van der Waals surface area (Å²) >= 11 is 0. The standard InChI is InChI=1S/C24H27NO4/c1-16-13-17(2)20(18(3)14-16)21-22(26)24(29-23(21)27)9-11-25(12-10-24)28-15-19-7-5-4-6-8-19/h4-8,13-14,21H,9-12,15H2,1-3H3. The zero-order chi connectivity index (χ0) is 20.6. The summed E-state index contributed by atoms with van der Waals surface area (Å²) in [4.78, 5) is 32.0. The Balaban J connectivity index is 1.45. The van der Waals surface area contributed by atoms with Crippen LogP contribution in [0.2, 0.25) is 0 Å². The minimum Gasteiger partial charge on any atom is -0.450 e. The number of carbonyl (C=O) groups excluding carboxylic acids is 2. The van der Waals surface area contributed by atoms with Gasteiger partial charge in [0.15, 0.2) is 11.4 Å². The zero-order valence-corrected chi connectivity index (χ0v) is 17.2. The Hall–Kier alpha value is -2.50. The molecule has 2 fully saturated rings. The lowest BCUT2D eigenvalue weighted by Gasteiger charge is -2.36. The second kappa shape index (κ2) is 7.73. The van der Waals surface area contributed by atoms with E-state index in [0.717, 1.165) is 27.8 Å². The number of nitrogens with zero attached hydrogens (tertiary/aromatic N) is 1. The predicted molar refractivity (Wildman–Crippen MR) is 109 cm³/mol. The van der Waals surface area contributed by atoms with Gasteiger partial charge in [-0.05, 0) is 43.0 Å². The van der Waals surface area contributed by atoms with Crippen LogP contribution >= 0.6 is 0 Å². The third kappa shape index (κ3) is 3.72. The number of hydroxylamine groups is 2. The van der Waals surface area contributed by atoms with Gasteiger partial charge in [-0.3, -0.25) is 14.4 Å². The Morgan fingerprint density at radius 1 is 1.03 bits per heavy atom. The summed E-state index contributed by atoms with van der Waals surface area (Å²) in [5, 5.41) is 1.87. The molecule has 5 heteroatoms. The largest absolute Gasteiger partial charge is 0.450 e. The molecule has 2 aromatic carbocycles. The van der Waals surface area contributed by atoms with E-state index in [0.29, 0.717) is 32.5 Å². The molecule has 2 aliphatic heterocycles. The van der Waals surface area contributed by atoms with Crippen molar-refractivity contribution >= 4 is 11.8 Å². The Morgan fingerprint density at radius 2 is 1.66 bits per heavy atom. The molecule has 4 rings (SSSR count). The van der Waals surface area contributed by atoms with E-state index in [1.165, 1.54) is 0 Å². The van der Waals surface area contributed by atoms with Crippen LogP contribution < -0.4 is 0 Å². The summed E-state index contributed by atoms with van der Waals surface area (Å²) in [6, 6.07) is 14.0. The molecule has 1 unspecified atom stereocenters. The monoisotopic (exact) mass is 393 g/mol. The summed E-state index contributed by atoms with van der Waals surface area (Å²) in [6.07, 6.45) is 0.930. The summed E-state index contributed by atoms with van der Waals surface area (Å²) in [5.74, 6) is -1.32. The molecule has 2 aliphatic rings. The first kappa shape index (κ1) is 19.8. The van der Waals surface area contributed by atoms with Crippen molar-refractivity contribution in [2.45, 2.75) is 51.7 Å². The molecule has 0 saturated carbocycles. The highest BCUT2D eigenvalue weighted by Gasteiger charge is 2.57. The Labute approximate surface area is 171 Å². The van der Waals surface area contributed by atoms with Gasteiger partial charge in [0.1, 0.15) is 5.92 Å². The topological polar surface area (TPSA) is 55.8 Å². The van der Waals surface area contributed by atoms with Crippen molar-refractivity contribution in [2.24, 2.45) is 0 Å². The number of rotatable bonds is 4. The minimum atomic E-state index is -1.02. The lowest BCUT2D eigenvalue weighted by Crippen LogP contribution is -2.48. The average molecular weight is 393 g/mol. The fourth-order valence-corrected chi connectivity index (χ4v) is 4.63. The molecule has 0 N–H and O–H groups in total. The highest BCUT2D eigenvalue weighted by Crippen LogP contribution is 2.42. The summed E-state index contributed by atoms with van der Waals surface area (Å²) < 4.78 is 5.75. The number of ether oxygens (including phenoxy) is 1. The van der Waals surface area contributed by atoms with Crippen LogP contribution in [0.4, 0.5) is 0 Å². The smallest absolute Gasteiger partial charge is 0.322 e. The van der Waals surface area contributed by atoms with Gasteiger partial charge in [-0.1, -0.05) is 48.0 Å². The van der Waals surface area contributed by atoms with Gasteiger partial charge < -0.3 is 4.74 Å². The first-order valence-electron chi connectivity index (χ1n) is 10.2. The van der Waals surface area contributed by atoms with E-state index in [-0.39, 0.29) is 5.78 Å². The van der Waals surface area contributed by atoms with Crippen molar-refractivity contribution in [3.8, 4) is 0 Å². The molecule has 0 bridgehead atoms. The molecule has 5 nitrogen and oxygen atoms in total. The molecule has 1 atom stereocenters. The van der Waals surface area contributed by atoms with E-state index < -0.39 is 17.5 Å². The van der Waals surface area contributed by atoms with E-state index in [2.05, 4.69) is 0 Å². The number of carbonyl (C=O) groups is 2. The maximum Gasteiger partial charge on any atom is 0.322 e. The summed E-state index contributed by atoms with van der Waals surface area (Å²) in [6.45, 7) is 7.55. The van der Waals surface area contributed by atoms with Gasteiger partial charge in [-0.2, -0.15) is 5.06 Å². The second-order valence-corrected chi connectivity index (χ2v) is 8.21. The van der Waals surface area contributed by atoms with Crippen LogP contribution in [-0.2, 0) is 25.8 Å². The minimum absolute atomic E-state index is 0.0970. The highest BCUT2D eigenvalue weighted by atomic mass is 16.7. The van der Waals surface area contributed by atoms with Crippen LogP contribution in [0.5, 0.6) is 0 Å². The second-order valence-electron chi connectivity index (χ2n) is 8.21. The third-order valence-corrected chi connectivity index (χ3v) is 6.06. The molecular weight excluding hydrogens is 366 g/mol. The molecule has 2 saturated heterocycles. The number of ketones is 1. The molecule has 1 spiro atoms. The first-order valence-corrected chi connectivity index (χ1v) is 10.2. The van der Waals surface area contributed by atoms with Crippen LogP contribution in [0.3, 0.4) is 0 Å². The van der Waals surface area contributed by atoms with Crippen LogP contribution in [0.1, 0.15) is 46.6 Å². The zero-order valence-electron chi connectivity index (χ0n) is 17.2. The van der Waals surface area contributed by atoms with Crippen LogP contribution in [0, 0.1) is 20.8 Å². The molecule has 0 amide bonds. The van der Waals surface area contributed by atoms with E-state index in [9.17, 15) is 9.59 Å². The van der Waals surface area contributed by atoms with E-state index in [1.54, 1.807) is 0 Å². The van der Waals surface area contributed by atoms with E-state index in [1.807, 2.05) is 68.3 Å². The number of Topliss-reactive ketones (excluding diaryl/α,β-unsaturated/α-hetero) is 1. The van der Waals surface area contributed by atoms with Gasteiger partial charge in [0.25, 0.3) is 0 Å². The number of benzene rings is 2. The van der Waals surface area contributed by atoms with Gasteiger partial charge in [0.2, 0.25) is 0 Å². The first-order chi connectivity index (χ1) is 13.9. The molecule has 0 aliphatic carbocycles. The number of hydrogen-bond donors (Lipinski definition) is 0. The van der Waals surface area contributed by atoms with Crippen LogP contribution in [-0.4, -0.2) is 35.5 Å². The molecule has 0 aromatic heterocycles. The van der Waals surface area contributed by atoms with Crippen molar-refractivity contribution in [2.75, 3.05) is 13.1 Å². The fourth-order valence-electron chi connectivity index (χ4n) is 4.63. The quantitative estimate of drug-likeness (QED) is 0.584. The SMILES string of the molecule is Cc1cc(C)c(C2C(=O)OC3(CCN(OCc4ccccc4)CC3)C2=O)c(C)c1. The van der Waals surface area contributed by atoms with Gasteiger partial charge >= 0.3 is 5.97 Å². The van der Waals surface area contributed by atoms with Gasteiger partial charge in [0, 0.05) is 25.9 Å². The lowest BCUT2D eigenvalue weighted by molar-refractivity contribution is -0.204. The van der Waals surface area contributed by atoms with Crippen molar-refractivity contribution in [3.63, 3.8) is 0 Å². The summed E-state index contributed by atoms with van der Waals surface area (Å²) in [7, 11) is 0. The number of aryl methyl sites for hydroxylation is 3. The van der Waals surface area contributed by atoms with Gasteiger partial charge in [0.05, 0.1) is 6.61 Å². The van der Waals surface area contributed by atoms with Crippen LogP contribution in [0.25, 0.3) is 0 Å². The van der Waals surface area contributed by atoms with Crippen LogP contribution in [0.15, 0.2) is 42.5 Å². The molecule has 29 heavy (non-hydrogen) atoms. The summed E-state index contributed by atoms with van der Waals surface area (Å²) in [5.41, 5.74) is 3.96. The van der Waals surface area contributed by atoms with Crippen molar-refractivity contribution in [3.05, 3.63) is 70.3 Å². The Morgan fingerprint density at radius 3 is 2.28 bits per heavy atom. The Bertz CT molecular complexity index is 906. The molecule has 2 aromatic rings. The molecule has 152 valence electrons. The van der Waals surface area contributed by atoms with E-state index in [4.69, 9.17) is 9.57 Å². The van der Waals surface area contributed by atoms with Crippen molar-refractivity contribution in [1.29, 1.82) is 0 Å². The van der Waals surface area contributed by atoms with Crippen molar-refractivity contribution < 1.29 is 19.2 Å². The fraction of sp³-hybridized carbons (Fsp3) is 0.417. The average Bonchev–Trinajstić information content (AvgIpc) is 2.92. The Kier molecular flexibility index (Phi) is 5.28.